The minimum absolute atomic E-state index is 0.212. The highest BCUT2D eigenvalue weighted by Crippen LogP contribution is 2.36. The number of fused-ring (bicyclic) bond motifs is 2. The Morgan fingerprint density at radius 2 is 1.60 bits per heavy atom. The van der Waals surface area contributed by atoms with Gasteiger partial charge < -0.3 is 19.1 Å². The standard InChI is InChI=1S/C25H27N5O5/c1-28-20-6-5-16(33-2)11-18(20)24(31)30(25(28)32)15-7-9-29(10-8-15)23-17-12-21(34-3)22(35-4)13-19(17)26-14-27-23/h5-6,11-15H,7-10H2,1-4H3. The van der Waals surface area contributed by atoms with Gasteiger partial charge in [0.2, 0.25) is 0 Å². The molecule has 0 bridgehead atoms. The summed E-state index contributed by atoms with van der Waals surface area (Å²) in [5.41, 5.74) is 0.745. The summed E-state index contributed by atoms with van der Waals surface area (Å²) in [6, 6.07) is 8.69. The molecule has 0 aliphatic carbocycles. The van der Waals surface area contributed by atoms with E-state index in [0.29, 0.717) is 54.1 Å². The largest absolute Gasteiger partial charge is 0.497 e. The minimum Gasteiger partial charge on any atom is -0.497 e. The van der Waals surface area contributed by atoms with Crippen LogP contribution in [0, 0.1) is 0 Å². The molecule has 0 spiro atoms. The molecule has 5 rings (SSSR count). The molecule has 0 unspecified atom stereocenters. The van der Waals surface area contributed by atoms with Crippen molar-refractivity contribution in [2.75, 3.05) is 39.3 Å². The number of benzene rings is 2. The highest BCUT2D eigenvalue weighted by Gasteiger charge is 2.26. The minimum atomic E-state index is -0.310. The van der Waals surface area contributed by atoms with Crippen molar-refractivity contribution in [3.05, 3.63) is 57.5 Å². The zero-order valence-electron chi connectivity index (χ0n) is 20.1. The molecular weight excluding hydrogens is 450 g/mol. The van der Waals surface area contributed by atoms with Gasteiger partial charge in [-0.3, -0.25) is 13.9 Å². The zero-order valence-corrected chi connectivity index (χ0v) is 20.1. The maximum absolute atomic E-state index is 13.4. The van der Waals surface area contributed by atoms with E-state index < -0.39 is 0 Å². The van der Waals surface area contributed by atoms with E-state index in [9.17, 15) is 9.59 Å². The molecule has 2 aromatic heterocycles. The summed E-state index contributed by atoms with van der Waals surface area (Å²) < 4.78 is 19.1. The van der Waals surface area contributed by atoms with E-state index in [-0.39, 0.29) is 17.3 Å². The fourth-order valence-corrected chi connectivity index (χ4v) is 4.87. The number of nitrogens with zero attached hydrogens (tertiary/aromatic N) is 5. The molecular formula is C25H27N5O5. The normalized spacial score (nSPS) is 14.5. The van der Waals surface area contributed by atoms with Gasteiger partial charge in [-0.05, 0) is 37.1 Å². The van der Waals surface area contributed by atoms with Gasteiger partial charge in [0.05, 0.1) is 37.7 Å². The summed E-state index contributed by atoms with van der Waals surface area (Å²) in [6.45, 7) is 1.27. The van der Waals surface area contributed by atoms with Gasteiger partial charge in [-0.1, -0.05) is 0 Å². The van der Waals surface area contributed by atoms with Gasteiger partial charge in [0, 0.05) is 37.6 Å². The Balaban J connectivity index is 1.48. The first-order valence-corrected chi connectivity index (χ1v) is 11.4. The van der Waals surface area contributed by atoms with E-state index in [1.165, 1.54) is 15.5 Å². The third-order valence-corrected chi connectivity index (χ3v) is 6.76. The number of piperidine rings is 1. The third-order valence-electron chi connectivity index (χ3n) is 6.76. The molecule has 4 aromatic rings. The van der Waals surface area contributed by atoms with Crippen LogP contribution in [0.2, 0.25) is 0 Å². The molecule has 0 N–H and O–H groups in total. The van der Waals surface area contributed by atoms with Gasteiger partial charge in [-0.2, -0.15) is 0 Å². The molecule has 10 nitrogen and oxygen atoms in total. The first-order chi connectivity index (χ1) is 17.0. The third kappa shape index (κ3) is 3.74. The van der Waals surface area contributed by atoms with Gasteiger partial charge in [0.15, 0.2) is 11.5 Å². The fourth-order valence-electron chi connectivity index (χ4n) is 4.87. The monoisotopic (exact) mass is 477 g/mol. The second kappa shape index (κ2) is 8.94. The molecule has 35 heavy (non-hydrogen) atoms. The molecule has 0 saturated carbocycles. The topological polar surface area (TPSA) is 101 Å². The maximum atomic E-state index is 13.4. The smallest absolute Gasteiger partial charge is 0.331 e. The average molecular weight is 478 g/mol. The second-order valence-corrected chi connectivity index (χ2v) is 8.54. The summed E-state index contributed by atoms with van der Waals surface area (Å²) >= 11 is 0. The van der Waals surface area contributed by atoms with E-state index >= 15 is 0 Å². The van der Waals surface area contributed by atoms with E-state index in [0.717, 1.165) is 16.7 Å². The first kappa shape index (κ1) is 22.7. The fraction of sp³-hybridized carbons (Fsp3) is 0.360. The zero-order chi connectivity index (χ0) is 24.7. The van der Waals surface area contributed by atoms with Gasteiger partial charge in [0.25, 0.3) is 5.56 Å². The van der Waals surface area contributed by atoms with Gasteiger partial charge >= 0.3 is 5.69 Å². The average Bonchev–Trinajstić information content (AvgIpc) is 2.90. The summed E-state index contributed by atoms with van der Waals surface area (Å²) in [6.07, 6.45) is 2.79. The van der Waals surface area contributed by atoms with Crippen LogP contribution in [0.3, 0.4) is 0 Å². The van der Waals surface area contributed by atoms with Crippen LogP contribution in [0.5, 0.6) is 17.2 Å². The number of hydrogen-bond donors (Lipinski definition) is 0. The molecule has 1 saturated heterocycles. The van der Waals surface area contributed by atoms with Crippen molar-refractivity contribution in [3.8, 4) is 17.2 Å². The van der Waals surface area contributed by atoms with Gasteiger partial charge in [-0.25, -0.2) is 14.8 Å². The van der Waals surface area contributed by atoms with Crippen LogP contribution in [0.4, 0.5) is 5.82 Å². The lowest BCUT2D eigenvalue weighted by Crippen LogP contribution is -2.45. The summed E-state index contributed by atoms with van der Waals surface area (Å²) in [5.74, 6) is 2.58. The van der Waals surface area contributed by atoms with E-state index in [1.54, 1.807) is 46.6 Å². The summed E-state index contributed by atoms with van der Waals surface area (Å²) in [4.78, 5) is 37.6. The molecule has 1 aliphatic heterocycles. The lowest BCUT2D eigenvalue weighted by Gasteiger charge is -2.34. The van der Waals surface area contributed by atoms with Crippen molar-refractivity contribution >= 4 is 27.6 Å². The lowest BCUT2D eigenvalue weighted by atomic mass is 10.0. The Morgan fingerprint density at radius 1 is 0.886 bits per heavy atom. The van der Waals surface area contributed by atoms with Crippen molar-refractivity contribution in [2.45, 2.75) is 18.9 Å². The van der Waals surface area contributed by atoms with Crippen LogP contribution in [0.25, 0.3) is 21.8 Å². The Morgan fingerprint density at radius 3 is 2.29 bits per heavy atom. The highest BCUT2D eigenvalue weighted by molar-refractivity contribution is 5.92. The van der Waals surface area contributed by atoms with Crippen LogP contribution >= 0.6 is 0 Å². The maximum Gasteiger partial charge on any atom is 0.331 e. The van der Waals surface area contributed by atoms with Crippen LogP contribution in [-0.2, 0) is 7.05 Å². The molecule has 10 heteroatoms. The number of aromatic nitrogens is 4. The van der Waals surface area contributed by atoms with E-state index in [1.807, 2.05) is 12.1 Å². The molecule has 0 atom stereocenters. The van der Waals surface area contributed by atoms with Gasteiger partial charge in [0.1, 0.15) is 17.9 Å². The number of ether oxygens (including phenoxy) is 3. The van der Waals surface area contributed by atoms with Crippen LogP contribution in [0.1, 0.15) is 18.9 Å². The number of rotatable bonds is 5. The quantitative estimate of drug-likeness (QED) is 0.432. The highest BCUT2D eigenvalue weighted by atomic mass is 16.5. The Hall–Kier alpha value is -4.08. The number of aryl methyl sites for hydroxylation is 1. The van der Waals surface area contributed by atoms with Gasteiger partial charge in [-0.15, -0.1) is 0 Å². The molecule has 3 heterocycles. The Labute approximate surface area is 201 Å². The molecule has 2 aromatic carbocycles. The van der Waals surface area contributed by atoms with Crippen molar-refractivity contribution in [2.24, 2.45) is 7.05 Å². The lowest BCUT2D eigenvalue weighted by molar-refractivity contribution is 0.355. The van der Waals surface area contributed by atoms with E-state index in [4.69, 9.17) is 14.2 Å². The number of anilines is 1. The number of methoxy groups -OCH3 is 3. The molecule has 0 radical (unpaired) electrons. The van der Waals surface area contributed by atoms with Crippen molar-refractivity contribution in [3.63, 3.8) is 0 Å². The van der Waals surface area contributed by atoms with Crippen LogP contribution in [-0.4, -0.2) is 53.5 Å². The Bertz CT molecular complexity index is 1540. The van der Waals surface area contributed by atoms with Crippen LogP contribution in [0.15, 0.2) is 46.2 Å². The van der Waals surface area contributed by atoms with E-state index in [2.05, 4.69) is 14.9 Å². The molecule has 1 fully saturated rings. The predicted octanol–water partition coefficient (Wildman–Crippen LogP) is 2.51. The molecule has 1 aliphatic rings. The summed E-state index contributed by atoms with van der Waals surface area (Å²) in [7, 11) is 6.43. The molecule has 182 valence electrons. The van der Waals surface area contributed by atoms with Crippen LogP contribution < -0.4 is 30.4 Å². The predicted molar refractivity (Wildman–Crippen MR) is 133 cm³/mol. The first-order valence-electron chi connectivity index (χ1n) is 11.4. The second-order valence-electron chi connectivity index (χ2n) is 8.54. The SMILES string of the molecule is COc1ccc2c(c1)c(=O)n(C1CCN(c3ncnc4cc(OC)c(OC)cc34)CC1)c(=O)n2C. The number of hydrogen-bond acceptors (Lipinski definition) is 8. The molecule has 0 amide bonds. The van der Waals surface area contributed by atoms with Crippen molar-refractivity contribution in [1.82, 2.24) is 19.1 Å². The van der Waals surface area contributed by atoms with Crippen molar-refractivity contribution < 1.29 is 14.2 Å². The van der Waals surface area contributed by atoms with Crippen molar-refractivity contribution in [1.29, 1.82) is 0 Å². The summed E-state index contributed by atoms with van der Waals surface area (Å²) in [5, 5.41) is 1.33. The Kier molecular flexibility index (Phi) is 5.80.